The Bertz CT molecular complexity index is 452. The molecular formula is C12H14N2O2. The van der Waals surface area contributed by atoms with Crippen LogP contribution in [0, 0.1) is 0 Å². The highest BCUT2D eigenvalue weighted by molar-refractivity contribution is 5.40. The van der Waals surface area contributed by atoms with Gasteiger partial charge in [-0.25, -0.2) is 4.98 Å². The van der Waals surface area contributed by atoms with Gasteiger partial charge in [0, 0.05) is 18.0 Å². The zero-order valence-electron chi connectivity index (χ0n) is 9.38. The van der Waals surface area contributed by atoms with Gasteiger partial charge in [-0.2, -0.15) is 0 Å². The highest BCUT2D eigenvalue weighted by atomic mass is 16.5. The minimum absolute atomic E-state index is 0.723. The first-order chi connectivity index (χ1) is 7.83. The normalized spacial score (nSPS) is 10.1. The molecule has 84 valence electrons. The summed E-state index contributed by atoms with van der Waals surface area (Å²) < 4.78 is 12.5. The van der Waals surface area contributed by atoms with Gasteiger partial charge in [0.05, 0.1) is 27.1 Å². The zero-order chi connectivity index (χ0) is 11.4. The molecule has 2 rings (SSSR count). The average Bonchev–Trinajstić information content (AvgIpc) is 2.82. The number of hydrogen-bond acceptors (Lipinski definition) is 3. The Morgan fingerprint density at radius 1 is 1.25 bits per heavy atom. The second-order valence-electron chi connectivity index (χ2n) is 3.41. The monoisotopic (exact) mass is 218 g/mol. The van der Waals surface area contributed by atoms with E-state index in [1.807, 2.05) is 29.0 Å². The summed E-state index contributed by atoms with van der Waals surface area (Å²) in [6.07, 6.45) is 5.45. The van der Waals surface area contributed by atoms with Gasteiger partial charge in [-0.05, 0) is 18.2 Å². The van der Waals surface area contributed by atoms with Crippen LogP contribution in [0.3, 0.4) is 0 Å². The average molecular weight is 218 g/mol. The van der Waals surface area contributed by atoms with Crippen molar-refractivity contribution in [1.82, 2.24) is 9.55 Å². The summed E-state index contributed by atoms with van der Waals surface area (Å²) in [6, 6.07) is 5.76. The summed E-state index contributed by atoms with van der Waals surface area (Å²) in [6.45, 7) is 0.723. The van der Waals surface area contributed by atoms with Crippen LogP contribution in [0.1, 0.15) is 5.56 Å². The molecule has 4 heteroatoms. The highest BCUT2D eigenvalue weighted by Crippen LogP contribution is 2.24. The van der Waals surface area contributed by atoms with E-state index in [2.05, 4.69) is 4.98 Å². The maximum Gasteiger partial charge on any atom is 0.124 e. The molecule has 2 aromatic rings. The smallest absolute Gasteiger partial charge is 0.124 e. The molecule has 0 spiro atoms. The summed E-state index contributed by atoms with van der Waals surface area (Å²) in [5, 5.41) is 0. The quantitative estimate of drug-likeness (QED) is 0.787. The van der Waals surface area contributed by atoms with Gasteiger partial charge in [-0.3, -0.25) is 0 Å². The molecule has 0 radical (unpaired) electrons. The summed E-state index contributed by atoms with van der Waals surface area (Å²) in [7, 11) is 3.32. The van der Waals surface area contributed by atoms with E-state index < -0.39 is 0 Å². The molecule has 0 amide bonds. The molecule has 0 atom stereocenters. The molecule has 0 saturated heterocycles. The van der Waals surface area contributed by atoms with Crippen LogP contribution in [0.5, 0.6) is 11.5 Å². The van der Waals surface area contributed by atoms with Crippen LogP contribution in [-0.4, -0.2) is 23.8 Å². The fourth-order valence-corrected chi connectivity index (χ4v) is 1.58. The molecule has 16 heavy (non-hydrogen) atoms. The minimum atomic E-state index is 0.723. The number of imidazole rings is 1. The van der Waals surface area contributed by atoms with Crippen molar-refractivity contribution < 1.29 is 9.47 Å². The van der Waals surface area contributed by atoms with E-state index in [4.69, 9.17) is 9.47 Å². The van der Waals surface area contributed by atoms with Gasteiger partial charge in [-0.1, -0.05) is 0 Å². The van der Waals surface area contributed by atoms with Gasteiger partial charge in [0.2, 0.25) is 0 Å². The molecule has 1 aromatic carbocycles. The van der Waals surface area contributed by atoms with Crippen molar-refractivity contribution >= 4 is 0 Å². The van der Waals surface area contributed by atoms with Gasteiger partial charge >= 0.3 is 0 Å². The Morgan fingerprint density at radius 2 is 2.12 bits per heavy atom. The standard InChI is InChI=1S/C12H14N2O2/c1-15-11-3-4-12(16-2)10(7-11)8-14-6-5-13-9-14/h3-7,9H,8H2,1-2H3. The first-order valence-corrected chi connectivity index (χ1v) is 5.00. The first-order valence-electron chi connectivity index (χ1n) is 5.00. The summed E-state index contributed by atoms with van der Waals surface area (Å²) in [5.41, 5.74) is 1.07. The SMILES string of the molecule is COc1ccc(OC)c(Cn2ccnc2)c1. The first kappa shape index (κ1) is 10.5. The molecule has 1 heterocycles. The molecule has 4 nitrogen and oxygen atoms in total. The lowest BCUT2D eigenvalue weighted by molar-refractivity contribution is 0.397. The number of ether oxygens (including phenoxy) is 2. The predicted octanol–water partition coefficient (Wildman–Crippen LogP) is 1.95. The Hall–Kier alpha value is -1.97. The van der Waals surface area contributed by atoms with Gasteiger partial charge < -0.3 is 14.0 Å². The maximum absolute atomic E-state index is 5.30. The van der Waals surface area contributed by atoms with Crippen LogP contribution in [0.2, 0.25) is 0 Å². The van der Waals surface area contributed by atoms with Crippen molar-refractivity contribution in [3.63, 3.8) is 0 Å². The topological polar surface area (TPSA) is 36.3 Å². The van der Waals surface area contributed by atoms with Crippen LogP contribution < -0.4 is 9.47 Å². The van der Waals surface area contributed by atoms with Crippen molar-refractivity contribution in [3.8, 4) is 11.5 Å². The van der Waals surface area contributed by atoms with Gasteiger partial charge in [0.1, 0.15) is 11.5 Å². The third-order valence-corrected chi connectivity index (χ3v) is 2.40. The fourth-order valence-electron chi connectivity index (χ4n) is 1.58. The Morgan fingerprint density at radius 3 is 2.75 bits per heavy atom. The number of hydrogen-bond donors (Lipinski definition) is 0. The molecule has 0 saturated carbocycles. The van der Waals surface area contributed by atoms with Crippen LogP contribution >= 0.6 is 0 Å². The second kappa shape index (κ2) is 4.70. The van der Waals surface area contributed by atoms with E-state index in [1.165, 1.54) is 0 Å². The molecule has 0 N–H and O–H groups in total. The van der Waals surface area contributed by atoms with Crippen LogP contribution in [0.4, 0.5) is 0 Å². The van der Waals surface area contributed by atoms with Crippen molar-refractivity contribution in [1.29, 1.82) is 0 Å². The Balaban J connectivity index is 2.30. The Labute approximate surface area is 94.4 Å². The van der Waals surface area contributed by atoms with Crippen LogP contribution in [0.15, 0.2) is 36.9 Å². The highest BCUT2D eigenvalue weighted by Gasteiger charge is 2.05. The third-order valence-electron chi connectivity index (χ3n) is 2.40. The molecular weight excluding hydrogens is 204 g/mol. The predicted molar refractivity (Wildman–Crippen MR) is 60.9 cm³/mol. The maximum atomic E-state index is 5.30. The van der Waals surface area contributed by atoms with Gasteiger partial charge in [0.15, 0.2) is 0 Å². The van der Waals surface area contributed by atoms with Crippen LogP contribution in [0.25, 0.3) is 0 Å². The molecule has 0 aliphatic rings. The summed E-state index contributed by atoms with van der Waals surface area (Å²) in [4.78, 5) is 4.01. The fraction of sp³-hybridized carbons (Fsp3) is 0.250. The lowest BCUT2D eigenvalue weighted by atomic mass is 10.2. The van der Waals surface area contributed by atoms with Crippen molar-refractivity contribution in [2.75, 3.05) is 14.2 Å². The van der Waals surface area contributed by atoms with Gasteiger partial charge in [-0.15, -0.1) is 0 Å². The van der Waals surface area contributed by atoms with E-state index in [-0.39, 0.29) is 0 Å². The number of benzene rings is 1. The molecule has 1 aromatic heterocycles. The number of methoxy groups -OCH3 is 2. The van der Waals surface area contributed by atoms with Crippen molar-refractivity contribution in [3.05, 3.63) is 42.5 Å². The number of rotatable bonds is 4. The summed E-state index contributed by atoms with van der Waals surface area (Å²) >= 11 is 0. The van der Waals surface area contributed by atoms with E-state index in [0.717, 1.165) is 23.6 Å². The van der Waals surface area contributed by atoms with Crippen molar-refractivity contribution in [2.24, 2.45) is 0 Å². The lowest BCUT2D eigenvalue weighted by Crippen LogP contribution is -2.00. The van der Waals surface area contributed by atoms with Gasteiger partial charge in [0.25, 0.3) is 0 Å². The minimum Gasteiger partial charge on any atom is -0.497 e. The lowest BCUT2D eigenvalue weighted by Gasteiger charge is -2.10. The molecule has 0 unspecified atom stereocenters. The second-order valence-corrected chi connectivity index (χ2v) is 3.41. The Kier molecular flexibility index (Phi) is 3.10. The van der Waals surface area contributed by atoms with E-state index in [1.54, 1.807) is 26.7 Å². The van der Waals surface area contributed by atoms with Crippen LogP contribution in [-0.2, 0) is 6.54 Å². The molecule has 0 aliphatic heterocycles. The largest absolute Gasteiger partial charge is 0.497 e. The molecule has 0 fully saturated rings. The number of aromatic nitrogens is 2. The van der Waals surface area contributed by atoms with E-state index in [9.17, 15) is 0 Å². The van der Waals surface area contributed by atoms with E-state index >= 15 is 0 Å². The third kappa shape index (κ3) is 2.16. The zero-order valence-corrected chi connectivity index (χ0v) is 9.38. The molecule has 0 bridgehead atoms. The number of nitrogens with zero attached hydrogens (tertiary/aromatic N) is 2. The molecule has 0 aliphatic carbocycles. The summed E-state index contributed by atoms with van der Waals surface area (Å²) in [5.74, 6) is 1.69. The van der Waals surface area contributed by atoms with Crippen molar-refractivity contribution in [2.45, 2.75) is 6.54 Å². The van der Waals surface area contributed by atoms with E-state index in [0.29, 0.717) is 0 Å².